The van der Waals surface area contributed by atoms with Crippen LogP contribution in [0.1, 0.15) is 23.7 Å². The van der Waals surface area contributed by atoms with Gasteiger partial charge in [0.2, 0.25) is 0 Å². The van der Waals surface area contributed by atoms with E-state index in [0.717, 1.165) is 16.8 Å². The Labute approximate surface area is 121 Å². The highest BCUT2D eigenvalue weighted by Gasteiger charge is 2.16. The van der Waals surface area contributed by atoms with Gasteiger partial charge in [-0.05, 0) is 38.5 Å². The minimum atomic E-state index is -0.300. The summed E-state index contributed by atoms with van der Waals surface area (Å²) in [6.45, 7) is 6.04. The molecule has 2 rings (SSSR count). The molecule has 0 aliphatic carbocycles. The van der Waals surface area contributed by atoms with Gasteiger partial charge in [-0.2, -0.15) is 10.4 Å². The summed E-state index contributed by atoms with van der Waals surface area (Å²) in [5.74, 6) is -0.143. The number of esters is 1. The first kappa shape index (κ1) is 14.4. The van der Waals surface area contributed by atoms with Crippen molar-refractivity contribution in [3.05, 3.63) is 29.0 Å². The Kier molecular flexibility index (Phi) is 4.30. The van der Waals surface area contributed by atoms with Gasteiger partial charge in [-0.25, -0.2) is 4.52 Å². The summed E-state index contributed by atoms with van der Waals surface area (Å²) in [7, 11) is 0. The second-order valence-corrected chi connectivity index (χ2v) is 5.32. The summed E-state index contributed by atoms with van der Waals surface area (Å²) < 4.78 is 6.61. The zero-order chi connectivity index (χ0) is 14.7. The molecule has 0 N–H and O–H groups in total. The van der Waals surface area contributed by atoms with Crippen LogP contribution in [0, 0.1) is 25.2 Å². The smallest absolute Gasteiger partial charge is 0.316 e. The molecule has 0 spiro atoms. The number of carbonyl (C=O) groups is 1. The van der Waals surface area contributed by atoms with Gasteiger partial charge in [-0.1, -0.05) is 11.8 Å². The van der Waals surface area contributed by atoms with Crippen molar-refractivity contribution < 1.29 is 9.53 Å². The predicted molar refractivity (Wildman–Crippen MR) is 76.7 cm³/mol. The molecule has 104 valence electrons. The molecule has 0 bridgehead atoms. The second kappa shape index (κ2) is 5.97. The number of hydrogen-bond acceptors (Lipinski definition) is 5. The molecule has 0 saturated heterocycles. The first-order valence-corrected chi connectivity index (χ1v) is 7.24. The Morgan fingerprint density at radius 3 is 2.90 bits per heavy atom. The number of rotatable bonds is 4. The molecule has 20 heavy (non-hydrogen) atoms. The summed E-state index contributed by atoms with van der Waals surface area (Å²) in [4.78, 5) is 11.4. The van der Waals surface area contributed by atoms with Crippen LogP contribution < -0.4 is 0 Å². The van der Waals surface area contributed by atoms with E-state index in [1.54, 1.807) is 11.4 Å². The third-order valence-corrected chi connectivity index (χ3v) is 3.71. The standard InChI is InChI=1S/C14H15N3O2S/c1-4-19-13(18)8-20-14-11(7-15)12-6-9(2)5-10(3)17(12)16-14/h5-6H,4,8H2,1-3H3. The highest BCUT2D eigenvalue weighted by molar-refractivity contribution is 7.99. The Morgan fingerprint density at radius 1 is 1.50 bits per heavy atom. The van der Waals surface area contributed by atoms with Crippen molar-refractivity contribution in [3.63, 3.8) is 0 Å². The number of nitriles is 1. The van der Waals surface area contributed by atoms with Crippen LogP contribution in [0.15, 0.2) is 17.2 Å². The maximum Gasteiger partial charge on any atom is 0.316 e. The molecule has 2 aromatic rings. The van der Waals surface area contributed by atoms with E-state index in [4.69, 9.17) is 4.74 Å². The van der Waals surface area contributed by atoms with E-state index in [1.165, 1.54) is 11.8 Å². The van der Waals surface area contributed by atoms with Gasteiger partial charge in [0.1, 0.15) is 16.7 Å². The molecule has 0 fully saturated rings. The zero-order valence-electron chi connectivity index (χ0n) is 11.6. The maximum absolute atomic E-state index is 11.4. The Hall–Kier alpha value is -2.00. The van der Waals surface area contributed by atoms with Crippen LogP contribution in [-0.2, 0) is 9.53 Å². The molecule has 0 unspecified atom stereocenters. The van der Waals surface area contributed by atoms with Crippen LogP contribution in [0.2, 0.25) is 0 Å². The van der Waals surface area contributed by atoms with E-state index in [0.29, 0.717) is 17.2 Å². The molecule has 0 atom stereocenters. The van der Waals surface area contributed by atoms with E-state index in [9.17, 15) is 10.1 Å². The number of pyridine rings is 1. The number of thioether (sulfide) groups is 1. The van der Waals surface area contributed by atoms with Crippen LogP contribution in [0.3, 0.4) is 0 Å². The fraction of sp³-hybridized carbons (Fsp3) is 0.357. The van der Waals surface area contributed by atoms with E-state index < -0.39 is 0 Å². The van der Waals surface area contributed by atoms with Gasteiger partial charge in [0.15, 0.2) is 0 Å². The van der Waals surface area contributed by atoms with Crippen LogP contribution in [0.4, 0.5) is 0 Å². The zero-order valence-corrected chi connectivity index (χ0v) is 12.5. The molecule has 6 heteroatoms. The number of hydrogen-bond donors (Lipinski definition) is 0. The normalized spacial score (nSPS) is 10.5. The van der Waals surface area contributed by atoms with Crippen molar-refractivity contribution in [3.8, 4) is 6.07 Å². The van der Waals surface area contributed by atoms with Gasteiger partial charge in [-0.3, -0.25) is 4.79 Å². The maximum atomic E-state index is 11.4. The third-order valence-electron chi connectivity index (χ3n) is 2.77. The minimum Gasteiger partial charge on any atom is -0.465 e. The van der Waals surface area contributed by atoms with Crippen LogP contribution >= 0.6 is 11.8 Å². The fourth-order valence-electron chi connectivity index (χ4n) is 2.00. The molecular weight excluding hydrogens is 274 g/mol. The van der Waals surface area contributed by atoms with Gasteiger partial charge < -0.3 is 4.74 Å². The van der Waals surface area contributed by atoms with Crippen molar-refractivity contribution >= 4 is 23.2 Å². The molecule has 2 aromatic heterocycles. The van der Waals surface area contributed by atoms with Gasteiger partial charge in [0.25, 0.3) is 0 Å². The number of aryl methyl sites for hydroxylation is 2. The number of carbonyl (C=O) groups excluding carboxylic acids is 1. The van der Waals surface area contributed by atoms with Crippen LogP contribution in [-0.4, -0.2) is 27.9 Å². The third kappa shape index (κ3) is 2.78. The Morgan fingerprint density at radius 2 is 2.25 bits per heavy atom. The quantitative estimate of drug-likeness (QED) is 0.639. The van der Waals surface area contributed by atoms with Gasteiger partial charge in [-0.15, -0.1) is 0 Å². The van der Waals surface area contributed by atoms with Gasteiger partial charge in [0, 0.05) is 5.69 Å². The predicted octanol–water partition coefficient (Wildman–Crippen LogP) is 2.48. The molecule has 5 nitrogen and oxygen atoms in total. The van der Waals surface area contributed by atoms with E-state index in [-0.39, 0.29) is 11.7 Å². The number of nitrogens with zero attached hydrogens (tertiary/aromatic N) is 3. The number of fused-ring (bicyclic) bond motifs is 1. The van der Waals surface area contributed by atoms with E-state index in [1.807, 2.05) is 26.0 Å². The highest BCUT2D eigenvalue weighted by atomic mass is 32.2. The number of ether oxygens (including phenoxy) is 1. The first-order valence-electron chi connectivity index (χ1n) is 6.25. The lowest BCUT2D eigenvalue weighted by Gasteiger charge is -2.00. The Bertz CT molecular complexity index is 700. The lowest BCUT2D eigenvalue weighted by atomic mass is 10.2. The first-order chi connectivity index (χ1) is 9.56. The fourth-order valence-corrected chi connectivity index (χ4v) is 2.77. The topological polar surface area (TPSA) is 67.4 Å². The molecule has 0 radical (unpaired) electrons. The van der Waals surface area contributed by atoms with E-state index in [2.05, 4.69) is 11.2 Å². The van der Waals surface area contributed by atoms with Crippen molar-refractivity contribution in [2.24, 2.45) is 0 Å². The average Bonchev–Trinajstić information content (AvgIpc) is 2.74. The molecule has 0 saturated carbocycles. The number of aromatic nitrogens is 2. The summed E-state index contributed by atoms with van der Waals surface area (Å²) in [5, 5.41) is 14.3. The SMILES string of the molecule is CCOC(=O)CSc1nn2c(C)cc(C)cc2c1C#N. The molecule has 2 heterocycles. The van der Waals surface area contributed by atoms with Crippen molar-refractivity contribution in [2.45, 2.75) is 25.8 Å². The highest BCUT2D eigenvalue weighted by Crippen LogP contribution is 2.26. The molecule has 0 amide bonds. The Balaban J connectivity index is 2.37. The molecule has 0 aliphatic rings. The lowest BCUT2D eigenvalue weighted by molar-refractivity contribution is -0.139. The van der Waals surface area contributed by atoms with Crippen LogP contribution in [0.5, 0.6) is 0 Å². The minimum absolute atomic E-state index is 0.157. The second-order valence-electron chi connectivity index (χ2n) is 4.36. The summed E-state index contributed by atoms with van der Waals surface area (Å²) in [6.07, 6.45) is 0. The largest absolute Gasteiger partial charge is 0.465 e. The average molecular weight is 289 g/mol. The molecular formula is C14H15N3O2S. The van der Waals surface area contributed by atoms with Crippen molar-refractivity contribution in [1.29, 1.82) is 5.26 Å². The molecule has 0 aliphatic heterocycles. The molecule has 0 aromatic carbocycles. The van der Waals surface area contributed by atoms with Crippen LogP contribution in [0.25, 0.3) is 5.52 Å². The summed E-state index contributed by atoms with van der Waals surface area (Å²) in [6, 6.07) is 6.10. The van der Waals surface area contributed by atoms with Crippen molar-refractivity contribution in [1.82, 2.24) is 9.61 Å². The summed E-state index contributed by atoms with van der Waals surface area (Å²) in [5.41, 5.74) is 3.32. The van der Waals surface area contributed by atoms with Gasteiger partial charge >= 0.3 is 5.97 Å². The monoisotopic (exact) mass is 289 g/mol. The lowest BCUT2D eigenvalue weighted by Crippen LogP contribution is -2.06. The summed E-state index contributed by atoms with van der Waals surface area (Å²) >= 11 is 1.23. The van der Waals surface area contributed by atoms with E-state index >= 15 is 0 Å². The van der Waals surface area contributed by atoms with Crippen molar-refractivity contribution in [2.75, 3.05) is 12.4 Å². The van der Waals surface area contributed by atoms with Gasteiger partial charge in [0.05, 0.1) is 17.9 Å².